The van der Waals surface area contributed by atoms with Gasteiger partial charge in [0.15, 0.2) is 17.5 Å². The van der Waals surface area contributed by atoms with Gasteiger partial charge in [0.1, 0.15) is 0 Å². The Hall–Kier alpha value is -2.65. The molecule has 1 heterocycles. The largest absolute Gasteiger partial charge is 0.335 e. The number of rotatable bonds is 5. The highest BCUT2D eigenvalue weighted by Gasteiger charge is 2.14. The number of thioether (sulfide) groups is 1. The van der Waals surface area contributed by atoms with E-state index in [1.54, 1.807) is 24.3 Å². The van der Waals surface area contributed by atoms with Gasteiger partial charge in [0.25, 0.3) is 0 Å². The Bertz CT molecular complexity index is 948. The number of aromatic nitrogens is 3. The Morgan fingerprint density at radius 1 is 1.15 bits per heavy atom. The highest BCUT2D eigenvalue weighted by molar-refractivity contribution is 7.99. The second-order valence-corrected chi connectivity index (χ2v) is 6.53. The van der Waals surface area contributed by atoms with Crippen molar-refractivity contribution in [3.63, 3.8) is 0 Å². The van der Waals surface area contributed by atoms with Crippen molar-refractivity contribution in [3.8, 4) is 11.4 Å². The van der Waals surface area contributed by atoms with Crippen LogP contribution in [0.1, 0.15) is 0 Å². The molecule has 3 rings (SSSR count). The Morgan fingerprint density at radius 3 is 2.58 bits per heavy atom. The molecule has 10 heteroatoms. The van der Waals surface area contributed by atoms with Crippen LogP contribution in [0.25, 0.3) is 11.4 Å². The maximum Gasteiger partial charge on any atom is 0.234 e. The van der Waals surface area contributed by atoms with Crippen molar-refractivity contribution in [1.82, 2.24) is 14.9 Å². The van der Waals surface area contributed by atoms with Gasteiger partial charge in [0.05, 0.1) is 5.75 Å². The summed E-state index contributed by atoms with van der Waals surface area (Å²) < 4.78 is 27.3. The lowest BCUT2D eigenvalue weighted by Gasteiger charge is -2.06. The monoisotopic (exact) mass is 395 g/mol. The molecule has 0 bridgehead atoms. The van der Waals surface area contributed by atoms with Crippen molar-refractivity contribution in [1.29, 1.82) is 0 Å². The molecule has 0 unspecified atom stereocenters. The molecule has 3 N–H and O–H groups in total. The molecule has 0 aliphatic heterocycles. The molecule has 6 nitrogen and oxygen atoms in total. The maximum absolute atomic E-state index is 13.1. The van der Waals surface area contributed by atoms with Gasteiger partial charge in [0, 0.05) is 22.3 Å². The molecule has 0 atom stereocenters. The third-order valence-corrected chi connectivity index (χ3v) is 4.50. The lowest BCUT2D eigenvalue weighted by Crippen LogP contribution is -2.16. The Morgan fingerprint density at radius 2 is 1.88 bits per heavy atom. The standard InChI is InChI=1S/C16H12ClF2N5OS/c17-10-3-1-9(2-4-10)15-22-23-16(24(15)20)26-8-14(25)21-11-5-6-12(18)13(19)7-11/h1-7H,8,20H2,(H,21,25). The van der Waals surface area contributed by atoms with Gasteiger partial charge >= 0.3 is 0 Å². The number of benzene rings is 2. The number of nitrogens with two attached hydrogens (primary N) is 1. The minimum atomic E-state index is -1.04. The third-order valence-electron chi connectivity index (χ3n) is 3.30. The molecule has 1 aromatic heterocycles. The first-order chi connectivity index (χ1) is 12.4. The molecule has 1 amide bonds. The molecule has 0 saturated heterocycles. The number of carbonyl (C=O) groups is 1. The average Bonchev–Trinajstić information content (AvgIpc) is 2.98. The Balaban J connectivity index is 1.63. The van der Waals surface area contributed by atoms with Crippen molar-refractivity contribution in [2.75, 3.05) is 16.9 Å². The summed E-state index contributed by atoms with van der Waals surface area (Å²) in [5.74, 6) is 3.91. The second kappa shape index (κ2) is 7.71. The average molecular weight is 396 g/mol. The molecular formula is C16H12ClF2N5OS. The van der Waals surface area contributed by atoms with E-state index >= 15 is 0 Å². The van der Waals surface area contributed by atoms with Crippen LogP contribution < -0.4 is 11.2 Å². The zero-order valence-corrected chi connectivity index (χ0v) is 14.7. The highest BCUT2D eigenvalue weighted by Crippen LogP contribution is 2.23. The predicted molar refractivity (Wildman–Crippen MR) is 96.3 cm³/mol. The number of nitrogens with one attached hydrogen (secondary N) is 1. The summed E-state index contributed by atoms with van der Waals surface area (Å²) in [7, 11) is 0. The topological polar surface area (TPSA) is 85.8 Å². The number of halogens is 3. The fourth-order valence-corrected chi connectivity index (χ4v) is 2.85. The first-order valence-electron chi connectivity index (χ1n) is 7.28. The summed E-state index contributed by atoms with van der Waals surface area (Å²) >= 11 is 6.91. The van der Waals surface area contributed by atoms with E-state index in [1.807, 2.05) is 0 Å². The van der Waals surface area contributed by atoms with Crippen LogP contribution in [0.3, 0.4) is 0 Å². The molecule has 26 heavy (non-hydrogen) atoms. The summed E-state index contributed by atoms with van der Waals surface area (Å²) in [6, 6.07) is 10.0. The fourth-order valence-electron chi connectivity index (χ4n) is 2.07. The van der Waals surface area contributed by atoms with Crippen LogP contribution in [0.4, 0.5) is 14.5 Å². The van der Waals surface area contributed by atoms with E-state index in [9.17, 15) is 13.6 Å². The van der Waals surface area contributed by atoms with Gasteiger partial charge in [-0.25, -0.2) is 13.5 Å². The lowest BCUT2D eigenvalue weighted by molar-refractivity contribution is -0.113. The number of nitrogens with zero attached hydrogens (tertiary/aromatic N) is 3. The molecule has 0 radical (unpaired) electrons. The van der Waals surface area contributed by atoms with Crippen molar-refractivity contribution in [3.05, 3.63) is 59.1 Å². The Kier molecular flexibility index (Phi) is 5.38. The number of hydrogen-bond donors (Lipinski definition) is 2. The summed E-state index contributed by atoms with van der Waals surface area (Å²) in [4.78, 5) is 11.9. The van der Waals surface area contributed by atoms with Crippen LogP contribution >= 0.6 is 23.4 Å². The lowest BCUT2D eigenvalue weighted by atomic mass is 10.2. The van der Waals surface area contributed by atoms with E-state index in [2.05, 4.69) is 15.5 Å². The quantitative estimate of drug-likeness (QED) is 0.511. The van der Waals surface area contributed by atoms with Crippen molar-refractivity contribution >= 4 is 35.0 Å². The van der Waals surface area contributed by atoms with E-state index in [-0.39, 0.29) is 11.4 Å². The Labute approximate surface area is 156 Å². The van der Waals surface area contributed by atoms with E-state index in [0.717, 1.165) is 29.5 Å². The molecule has 0 saturated carbocycles. The van der Waals surface area contributed by atoms with Crippen LogP contribution in [-0.2, 0) is 4.79 Å². The number of amides is 1. The van der Waals surface area contributed by atoms with Gasteiger partial charge in [-0.3, -0.25) is 4.79 Å². The summed E-state index contributed by atoms with van der Waals surface area (Å²) in [6.07, 6.45) is 0. The molecule has 2 aromatic carbocycles. The minimum absolute atomic E-state index is 0.0328. The molecular weight excluding hydrogens is 384 g/mol. The molecule has 0 aliphatic carbocycles. The van der Waals surface area contributed by atoms with E-state index < -0.39 is 17.5 Å². The number of anilines is 1. The molecule has 0 spiro atoms. The predicted octanol–water partition coefficient (Wildman–Crippen LogP) is 3.32. The van der Waals surface area contributed by atoms with Crippen molar-refractivity contribution in [2.24, 2.45) is 0 Å². The number of nitrogen functional groups attached to an aromatic ring is 1. The van der Waals surface area contributed by atoms with E-state index in [1.165, 1.54) is 10.7 Å². The van der Waals surface area contributed by atoms with Crippen LogP contribution in [0, 0.1) is 11.6 Å². The van der Waals surface area contributed by atoms with Crippen LogP contribution in [-0.4, -0.2) is 26.5 Å². The van der Waals surface area contributed by atoms with Crippen LogP contribution in [0.2, 0.25) is 5.02 Å². The molecule has 3 aromatic rings. The van der Waals surface area contributed by atoms with Gasteiger partial charge in [-0.1, -0.05) is 23.4 Å². The van der Waals surface area contributed by atoms with E-state index in [0.29, 0.717) is 16.0 Å². The minimum Gasteiger partial charge on any atom is -0.335 e. The third kappa shape index (κ3) is 4.12. The SMILES string of the molecule is Nn1c(SCC(=O)Nc2ccc(F)c(F)c2)nnc1-c1ccc(Cl)cc1. The van der Waals surface area contributed by atoms with Gasteiger partial charge in [0.2, 0.25) is 11.1 Å². The summed E-state index contributed by atoms with van der Waals surface area (Å²) in [5.41, 5.74) is 0.882. The van der Waals surface area contributed by atoms with Crippen molar-refractivity contribution in [2.45, 2.75) is 5.16 Å². The smallest absolute Gasteiger partial charge is 0.234 e. The van der Waals surface area contributed by atoms with Crippen LogP contribution in [0.15, 0.2) is 47.6 Å². The summed E-state index contributed by atoms with van der Waals surface area (Å²) in [5, 5.41) is 11.3. The van der Waals surface area contributed by atoms with Crippen molar-refractivity contribution < 1.29 is 13.6 Å². The van der Waals surface area contributed by atoms with Gasteiger partial charge in [-0.05, 0) is 36.4 Å². The fraction of sp³-hybridized carbons (Fsp3) is 0.0625. The number of carbonyl (C=O) groups excluding carboxylic acids is 1. The van der Waals surface area contributed by atoms with Crippen LogP contribution in [0.5, 0.6) is 0 Å². The second-order valence-electron chi connectivity index (χ2n) is 5.15. The first-order valence-corrected chi connectivity index (χ1v) is 8.64. The van der Waals surface area contributed by atoms with E-state index in [4.69, 9.17) is 17.4 Å². The zero-order chi connectivity index (χ0) is 18.7. The summed E-state index contributed by atoms with van der Waals surface area (Å²) in [6.45, 7) is 0. The molecule has 0 aliphatic rings. The van der Waals surface area contributed by atoms with Gasteiger partial charge in [-0.15, -0.1) is 10.2 Å². The molecule has 134 valence electrons. The normalized spacial score (nSPS) is 10.7. The maximum atomic E-state index is 13.1. The highest BCUT2D eigenvalue weighted by atomic mass is 35.5. The van der Waals surface area contributed by atoms with Gasteiger partial charge in [-0.2, -0.15) is 0 Å². The van der Waals surface area contributed by atoms with Gasteiger partial charge < -0.3 is 11.2 Å². The molecule has 0 fully saturated rings. The number of hydrogen-bond acceptors (Lipinski definition) is 5. The first kappa shape index (κ1) is 18.2. The zero-order valence-electron chi connectivity index (χ0n) is 13.1.